The Balaban J connectivity index is 1.86. The van der Waals surface area contributed by atoms with E-state index in [0.29, 0.717) is 42.6 Å². The second-order valence-electron chi connectivity index (χ2n) is 7.06. The summed E-state index contributed by atoms with van der Waals surface area (Å²) in [6, 6.07) is 0.321. The van der Waals surface area contributed by atoms with Gasteiger partial charge in [-0.15, -0.1) is 0 Å². The van der Waals surface area contributed by atoms with Gasteiger partial charge in [0.25, 0.3) is 12.3 Å². The van der Waals surface area contributed by atoms with Crippen LogP contribution in [0, 0.1) is 5.92 Å². The molecule has 1 aliphatic carbocycles. The Morgan fingerprint density at radius 1 is 1.27 bits per heavy atom. The van der Waals surface area contributed by atoms with Crippen LogP contribution in [-0.2, 0) is 6.18 Å². The monoisotopic (exact) mass is 452 g/mol. The third kappa shape index (κ3) is 4.72. The zero-order chi connectivity index (χ0) is 22.1. The minimum absolute atomic E-state index is 0.0594. The molecule has 1 amide bonds. The number of aromatic nitrogens is 3. The number of hydrogen-bond donors (Lipinski definition) is 2. The summed E-state index contributed by atoms with van der Waals surface area (Å²) in [4.78, 5) is 16.1. The van der Waals surface area contributed by atoms with Crippen LogP contribution in [0.15, 0.2) is 18.5 Å². The molecule has 12 heteroatoms. The molecule has 2 heterocycles. The normalized spacial score (nSPS) is 19.9. The van der Waals surface area contributed by atoms with E-state index in [2.05, 4.69) is 15.4 Å². The second kappa shape index (κ2) is 8.84. The molecular formula is C18H18ClF5N4O2. The van der Waals surface area contributed by atoms with Gasteiger partial charge in [0.05, 0.1) is 22.3 Å². The predicted octanol–water partition coefficient (Wildman–Crippen LogP) is 4.16. The third-order valence-corrected chi connectivity index (χ3v) is 5.33. The van der Waals surface area contributed by atoms with Gasteiger partial charge in [0, 0.05) is 18.8 Å². The lowest BCUT2D eigenvalue weighted by Crippen LogP contribution is -2.38. The van der Waals surface area contributed by atoms with Crippen LogP contribution in [0.25, 0.3) is 5.82 Å². The van der Waals surface area contributed by atoms with Crippen molar-refractivity contribution in [3.8, 4) is 5.82 Å². The molecular weight excluding hydrogens is 435 g/mol. The van der Waals surface area contributed by atoms with Gasteiger partial charge in [0.15, 0.2) is 5.82 Å². The van der Waals surface area contributed by atoms with Gasteiger partial charge in [-0.1, -0.05) is 11.6 Å². The number of amides is 1. The molecule has 30 heavy (non-hydrogen) atoms. The van der Waals surface area contributed by atoms with E-state index in [0.717, 1.165) is 6.20 Å². The number of alkyl halides is 5. The highest BCUT2D eigenvalue weighted by molar-refractivity contribution is 6.32. The smallest absolute Gasteiger partial charge is 0.396 e. The first kappa shape index (κ1) is 22.4. The van der Waals surface area contributed by atoms with Gasteiger partial charge in [0.1, 0.15) is 5.69 Å². The second-order valence-corrected chi connectivity index (χ2v) is 7.46. The van der Waals surface area contributed by atoms with E-state index in [9.17, 15) is 26.7 Å². The van der Waals surface area contributed by atoms with E-state index in [1.165, 1.54) is 0 Å². The first-order valence-electron chi connectivity index (χ1n) is 9.12. The molecule has 6 nitrogen and oxygen atoms in total. The van der Waals surface area contributed by atoms with Gasteiger partial charge in [-0.25, -0.2) is 18.4 Å². The largest absolute Gasteiger partial charge is 0.417 e. The fourth-order valence-corrected chi connectivity index (χ4v) is 3.65. The summed E-state index contributed by atoms with van der Waals surface area (Å²) in [5.41, 5.74) is -2.36. The van der Waals surface area contributed by atoms with Crippen molar-refractivity contribution in [1.82, 2.24) is 20.1 Å². The molecule has 1 fully saturated rings. The standard InChI is InChI=1S/C18H18ClF5N4O2/c19-13-5-10(18(22,23)24)6-25-16(13)28-14(15(20)21)12(7-26-28)17(30)27-11-3-1-9(8-29)2-4-11/h5-7,9,11,15,29H,1-4,8H2,(H,27,30). The van der Waals surface area contributed by atoms with Crippen molar-refractivity contribution >= 4 is 17.5 Å². The number of hydrogen-bond acceptors (Lipinski definition) is 4. The van der Waals surface area contributed by atoms with Gasteiger partial charge in [-0.2, -0.15) is 18.3 Å². The molecule has 0 radical (unpaired) electrons. The van der Waals surface area contributed by atoms with Gasteiger partial charge in [-0.05, 0) is 37.7 Å². The number of nitrogens with zero attached hydrogens (tertiary/aromatic N) is 3. The number of nitrogens with one attached hydrogen (secondary N) is 1. The predicted molar refractivity (Wildman–Crippen MR) is 96.6 cm³/mol. The van der Waals surface area contributed by atoms with Gasteiger partial charge < -0.3 is 10.4 Å². The highest BCUT2D eigenvalue weighted by atomic mass is 35.5. The van der Waals surface area contributed by atoms with Gasteiger partial charge in [-0.3, -0.25) is 4.79 Å². The Labute approximate surface area is 173 Å². The van der Waals surface area contributed by atoms with Gasteiger partial charge >= 0.3 is 6.18 Å². The molecule has 2 aromatic heterocycles. The van der Waals surface area contributed by atoms with Crippen LogP contribution < -0.4 is 5.32 Å². The summed E-state index contributed by atoms with van der Waals surface area (Å²) in [6.45, 7) is 0.0594. The van der Waals surface area contributed by atoms with Crippen molar-refractivity contribution in [2.24, 2.45) is 5.92 Å². The molecule has 1 aliphatic rings. The molecule has 0 atom stereocenters. The molecule has 3 rings (SSSR count). The molecule has 2 N–H and O–H groups in total. The number of aliphatic hydroxyl groups is 1. The zero-order valence-corrected chi connectivity index (χ0v) is 16.2. The first-order valence-corrected chi connectivity index (χ1v) is 9.50. The molecule has 2 aromatic rings. The summed E-state index contributed by atoms with van der Waals surface area (Å²) < 4.78 is 66.4. The highest BCUT2D eigenvalue weighted by Gasteiger charge is 2.33. The van der Waals surface area contributed by atoms with Crippen LogP contribution >= 0.6 is 11.6 Å². The molecule has 0 aliphatic heterocycles. The summed E-state index contributed by atoms with van der Waals surface area (Å²) in [6.07, 6.45) is -3.89. The maximum Gasteiger partial charge on any atom is 0.417 e. The zero-order valence-electron chi connectivity index (χ0n) is 15.5. The minimum atomic E-state index is -4.70. The van der Waals surface area contributed by atoms with E-state index in [1.807, 2.05) is 0 Å². The van der Waals surface area contributed by atoms with Crippen LogP contribution in [0.4, 0.5) is 22.0 Å². The highest BCUT2D eigenvalue weighted by Crippen LogP contribution is 2.34. The summed E-state index contributed by atoms with van der Waals surface area (Å²) >= 11 is 5.83. The third-order valence-electron chi connectivity index (χ3n) is 5.05. The van der Waals surface area contributed by atoms with Crippen molar-refractivity contribution in [1.29, 1.82) is 0 Å². The van der Waals surface area contributed by atoms with E-state index < -0.39 is 46.2 Å². The average Bonchev–Trinajstić information content (AvgIpc) is 3.13. The number of pyridine rings is 1. The fourth-order valence-electron chi connectivity index (χ4n) is 3.41. The Hall–Kier alpha value is -2.27. The Bertz CT molecular complexity index is 910. The Morgan fingerprint density at radius 2 is 1.93 bits per heavy atom. The van der Waals surface area contributed by atoms with E-state index in [4.69, 9.17) is 16.7 Å². The lowest BCUT2D eigenvalue weighted by atomic mass is 9.86. The van der Waals surface area contributed by atoms with Gasteiger partial charge in [0.2, 0.25) is 0 Å². The topological polar surface area (TPSA) is 80.0 Å². The average molecular weight is 453 g/mol. The fraction of sp³-hybridized carbons (Fsp3) is 0.500. The van der Waals surface area contributed by atoms with Crippen LogP contribution in [0.5, 0.6) is 0 Å². The molecule has 0 saturated heterocycles. The Morgan fingerprint density at radius 3 is 2.47 bits per heavy atom. The maximum atomic E-state index is 13.7. The molecule has 164 valence electrons. The van der Waals surface area contributed by atoms with E-state index >= 15 is 0 Å². The molecule has 0 bridgehead atoms. The van der Waals surface area contributed by atoms with Crippen molar-refractivity contribution in [3.05, 3.63) is 40.3 Å². The van der Waals surface area contributed by atoms with Crippen molar-refractivity contribution in [2.45, 2.75) is 44.3 Å². The summed E-state index contributed by atoms with van der Waals surface area (Å²) in [5.74, 6) is -1.06. The minimum Gasteiger partial charge on any atom is -0.396 e. The Kier molecular flexibility index (Phi) is 6.61. The van der Waals surface area contributed by atoms with E-state index in [-0.39, 0.29) is 18.6 Å². The number of aliphatic hydroxyl groups excluding tert-OH is 1. The lowest BCUT2D eigenvalue weighted by molar-refractivity contribution is -0.137. The lowest BCUT2D eigenvalue weighted by Gasteiger charge is -2.27. The molecule has 1 saturated carbocycles. The van der Waals surface area contributed by atoms with Crippen LogP contribution in [0.3, 0.4) is 0 Å². The van der Waals surface area contributed by atoms with Crippen LogP contribution in [0.1, 0.15) is 53.7 Å². The maximum absolute atomic E-state index is 13.7. The van der Waals surface area contributed by atoms with Crippen LogP contribution in [0.2, 0.25) is 5.02 Å². The number of halogens is 6. The van der Waals surface area contributed by atoms with Crippen molar-refractivity contribution < 1.29 is 31.9 Å². The molecule has 0 unspecified atom stereocenters. The first-order chi connectivity index (χ1) is 14.1. The molecule has 0 spiro atoms. The SMILES string of the molecule is O=C(NC1CCC(CO)CC1)c1cnn(-c2ncc(C(F)(F)F)cc2Cl)c1C(F)F. The summed E-state index contributed by atoms with van der Waals surface area (Å²) in [5, 5.41) is 15.0. The van der Waals surface area contributed by atoms with Crippen molar-refractivity contribution in [2.75, 3.05) is 6.61 Å². The quantitative estimate of drug-likeness (QED) is 0.668. The van der Waals surface area contributed by atoms with Crippen LogP contribution in [-0.4, -0.2) is 38.4 Å². The van der Waals surface area contributed by atoms with E-state index in [1.54, 1.807) is 0 Å². The van der Waals surface area contributed by atoms with Crippen molar-refractivity contribution in [3.63, 3.8) is 0 Å². The summed E-state index contributed by atoms with van der Waals surface area (Å²) in [7, 11) is 0. The number of carbonyl (C=O) groups is 1. The molecule has 0 aromatic carbocycles. The number of rotatable bonds is 5. The number of carbonyl (C=O) groups excluding carboxylic acids is 1.